The Bertz CT molecular complexity index is 1280. The monoisotopic (exact) mass is 493 g/mol. The van der Waals surface area contributed by atoms with E-state index in [2.05, 4.69) is 9.82 Å². The first-order valence-electron chi connectivity index (χ1n) is 9.12. The van der Waals surface area contributed by atoms with E-state index in [-0.39, 0.29) is 39.4 Å². The number of hydrogen-bond donors (Lipinski definition) is 1. The summed E-state index contributed by atoms with van der Waals surface area (Å²) in [5.74, 6) is 0.612. The Kier molecular flexibility index (Phi) is 5.42. The van der Waals surface area contributed by atoms with Crippen LogP contribution < -0.4 is 14.2 Å². The largest absolute Gasteiger partial charge is 0.486 e. The second-order valence-electron chi connectivity index (χ2n) is 6.78. The van der Waals surface area contributed by atoms with E-state index in [9.17, 15) is 34.8 Å². The number of aromatic nitrogens is 2. The van der Waals surface area contributed by atoms with Gasteiger partial charge in [-0.3, -0.25) is 4.72 Å². The fourth-order valence-electron chi connectivity index (χ4n) is 2.99. The van der Waals surface area contributed by atoms with Gasteiger partial charge in [-0.2, -0.15) is 31.4 Å². The van der Waals surface area contributed by atoms with Crippen LogP contribution in [-0.4, -0.2) is 31.4 Å². The van der Waals surface area contributed by atoms with Crippen LogP contribution in [0.2, 0.25) is 0 Å². The Morgan fingerprint density at radius 2 is 1.48 bits per heavy atom. The van der Waals surface area contributed by atoms with Crippen molar-refractivity contribution in [1.82, 2.24) is 9.78 Å². The zero-order valence-corrected chi connectivity index (χ0v) is 17.1. The molecule has 0 fully saturated rings. The van der Waals surface area contributed by atoms with Crippen molar-refractivity contribution in [3.63, 3.8) is 0 Å². The predicted octanol–water partition coefficient (Wildman–Crippen LogP) is 4.48. The summed E-state index contributed by atoms with van der Waals surface area (Å²) in [7, 11) is -4.11. The van der Waals surface area contributed by atoms with Gasteiger partial charge in [-0.05, 0) is 36.4 Å². The number of alkyl halides is 6. The summed E-state index contributed by atoms with van der Waals surface area (Å²) in [6.45, 7) is 0.565. The lowest BCUT2D eigenvalue weighted by atomic mass is 10.2. The van der Waals surface area contributed by atoms with Gasteiger partial charge in [-0.1, -0.05) is 0 Å². The van der Waals surface area contributed by atoms with E-state index in [0.717, 1.165) is 24.3 Å². The van der Waals surface area contributed by atoms with Crippen molar-refractivity contribution in [2.75, 3.05) is 17.9 Å². The van der Waals surface area contributed by atoms with Gasteiger partial charge in [0.2, 0.25) is 0 Å². The third kappa shape index (κ3) is 4.69. The summed E-state index contributed by atoms with van der Waals surface area (Å²) >= 11 is 0. The molecule has 0 radical (unpaired) electrons. The van der Waals surface area contributed by atoms with Crippen LogP contribution >= 0.6 is 0 Å². The van der Waals surface area contributed by atoms with Crippen molar-refractivity contribution in [3.05, 3.63) is 59.9 Å². The van der Waals surface area contributed by atoms with Crippen LogP contribution in [0.4, 0.5) is 32.0 Å². The van der Waals surface area contributed by atoms with Gasteiger partial charge in [0.1, 0.15) is 18.9 Å². The maximum absolute atomic E-state index is 13.2. The molecule has 0 spiro atoms. The molecule has 7 nitrogen and oxygen atoms in total. The number of hydrogen-bond acceptors (Lipinski definition) is 5. The highest BCUT2D eigenvalue weighted by atomic mass is 32.2. The summed E-state index contributed by atoms with van der Waals surface area (Å²) in [5, 5.41) is 3.02. The van der Waals surface area contributed by atoms with Crippen LogP contribution in [0.3, 0.4) is 0 Å². The van der Waals surface area contributed by atoms with Crippen molar-refractivity contribution >= 4 is 15.7 Å². The molecule has 0 atom stereocenters. The molecule has 1 aromatic heterocycles. The Hall–Kier alpha value is -3.42. The van der Waals surface area contributed by atoms with Gasteiger partial charge in [0.15, 0.2) is 17.2 Å². The highest BCUT2D eigenvalue weighted by Gasteiger charge is 2.42. The second kappa shape index (κ2) is 7.86. The van der Waals surface area contributed by atoms with Crippen LogP contribution in [0.1, 0.15) is 11.4 Å². The van der Waals surface area contributed by atoms with Crippen molar-refractivity contribution in [2.24, 2.45) is 0 Å². The lowest BCUT2D eigenvalue weighted by Crippen LogP contribution is -2.17. The van der Waals surface area contributed by atoms with E-state index >= 15 is 0 Å². The molecule has 33 heavy (non-hydrogen) atoms. The van der Waals surface area contributed by atoms with E-state index in [1.807, 2.05) is 0 Å². The minimum Gasteiger partial charge on any atom is -0.486 e. The van der Waals surface area contributed by atoms with Gasteiger partial charge >= 0.3 is 12.4 Å². The molecule has 2 aromatic carbocycles. The van der Waals surface area contributed by atoms with E-state index in [1.54, 1.807) is 0 Å². The second-order valence-corrected chi connectivity index (χ2v) is 8.46. The van der Waals surface area contributed by atoms with Crippen LogP contribution in [0, 0.1) is 0 Å². The standard InChI is InChI=1S/C19H13F6N3O4S/c20-18(21,22)16-10-17(19(23,24)25)28(26-16)12-3-1-11(2-4-12)27-33(29,30)13-5-6-14-15(9-13)32-8-7-31-14/h1-6,9-10,27H,7-8H2. The van der Waals surface area contributed by atoms with Gasteiger partial charge in [0.05, 0.1) is 10.6 Å². The molecule has 4 rings (SSSR count). The SMILES string of the molecule is O=S(=O)(Nc1ccc(-n2nc(C(F)(F)F)cc2C(F)(F)F)cc1)c1ccc2c(c1)OCCO2. The summed E-state index contributed by atoms with van der Waals surface area (Å²) < 4.78 is 116. The molecule has 176 valence electrons. The van der Waals surface area contributed by atoms with Crippen molar-refractivity contribution in [3.8, 4) is 17.2 Å². The van der Waals surface area contributed by atoms with Crippen molar-refractivity contribution in [2.45, 2.75) is 17.2 Å². The minimum absolute atomic E-state index is 0.0367. The number of rotatable bonds is 4. The zero-order chi connectivity index (χ0) is 24.0. The first-order chi connectivity index (χ1) is 15.3. The summed E-state index contributed by atoms with van der Waals surface area (Å²) in [5.41, 5.74) is -3.72. The molecule has 3 aromatic rings. The third-order valence-electron chi connectivity index (χ3n) is 4.48. The van der Waals surface area contributed by atoms with E-state index < -0.39 is 33.8 Å². The van der Waals surface area contributed by atoms with Crippen LogP contribution in [-0.2, 0) is 22.4 Å². The molecule has 1 N–H and O–H groups in total. The zero-order valence-electron chi connectivity index (χ0n) is 16.2. The quantitative estimate of drug-likeness (QED) is 0.542. The Morgan fingerprint density at radius 3 is 2.09 bits per heavy atom. The molecule has 0 saturated heterocycles. The Balaban J connectivity index is 1.61. The van der Waals surface area contributed by atoms with Crippen LogP contribution in [0.5, 0.6) is 11.5 Å². The first-order valence-corrected chi connectivity index (χ1v) is 10.6. The third-order valence-corrected chi connectivity index (χ3v) is 5.86. The normalized spacial score (nSPS) is 14.2. The lowest BCUT2D eigenvalue weighted by Gasteiger charge is -2.19. The van der Waals surface area contributed by atoms with E-state index in [1.165, 1.54) is 18.2 Å². The molecule has 0 saturated carbocycles. The van der Waals surface area contributed by atoms with Crippen molar-refractivity contribution < 1.29 is 44.2 Å². The summed E-state index contributed by atoms with van der Waals surface area (Å²) in [4.78, 5) is -0.155. The Labute approximate surface area is 182 Å². The van der Waals surface area contributed by atoms with E-state index in [4.69, 9.17) is 9.47 Å². The average molecular weight is 493 g/mol. The molecule has 0 unspecified atom stereocenters. The molecular weight excluding hydrogens is 480 g/mol. The molecular formula is C19H13F6N3O4S. The number of benzene rings is 2. The fraction of sp³-hybridized carbons (Fsp3) is 0.211. The Morgan fingerprint density at radius 1 is 0.848 bits per heavy atom. The maximum Gasteiger partial charge on any atom is 0.435 e. The predicted molar refractivity (Wildman–Crippen MR) is 102 cm³/mol. The molecule has 0 amide bonds. The lowest BCUT2D eigenvalue weighted by molar-refractivity contribution is -0.143. The fourth-order valence-corrected chi connectivity index (χ4v) is 4.07. The van der Waals surface area contributed by atoms with Gasteiger partial charge in [-0.25, -0.2) is 13.1 Å². The van der Waals surface area contributed by atoms with Crippen LogP contribution in [0.15, 0.2) is 53.4 Å². The van der Waals surface area contributed by atoms with E-state index in [0.29, 0.717) is 12.4 Å². The maximum atomic E-state index is 13.2. The number of halogens is 6. The molecule has 1 aliphatic rings. The van der Waals surface area contributed by atoms with Crippen molar-refractivity contribution in [1.29, 1.82) is 0 Å². The average Bonchev–Trinajstić information content (AvgIpc) is 3.20. The molecule has 14 heteroatoms. The number of ether oxygens (including phenoxy) is 2. The van der Waals surface area contributed by atoms with Gasteiger partial charge in [-0.15, -0.1) is 0 Å². The molecule has 1 aliphatic heterocycles. The first kappa shape index (κ1) is 22.8. The number of anilines is 1. The number of sulfonamides is 1. The summed E-state index contributed by atoms with van der Waals surface area (Å²) in [6.07, 6.45) is -10.2. The number of nitrogens with zero attached hydrogens (tertiary/aromatic N) is 2. The molecule has 0 aliphatic carbocycles. The molecule has 0 bridgehead atoms. The topological polar surface area (TPSA) is 82.5 Å². The highest BCUT2D eigenvalue weighted by Crippen LogP contribution is 2.37. The van der Waals surface area contributed by atoms with Gasteiger partial charge in [0.25, 0.3) is 10.0 Å². The highest BCUT2D eigenvalue weighted by molar-refractivity contribution is 7.92. The molecule has 2 heterocycles. The van der Waals surface area contributed by atoms with Crippen LogP contribution in [0.25, 0.3) is 5.69 Å². The smallest absolute Gasteiger partial charge is 0.435 e. The van der Waals surface area contributed by atoms with Gasteiger partial charge < -0.3 is 9.47 Å². The number of fused-ring (bicyclic) bond motifs is 1. The number of nitrogens with one attached hydrogen (secondary N) is 1. The minimum atomic E-state index is -5.10. The summed E-state index contributed by atoms with van der Waals surface area (Å²) in [6, 6.07) is 8.05. The van der Waals surface area contributed by atoms with Gasteiger partial charge in [0, 0.05) is 17.8 Å².